The summed E-state index contributed by atoms with van der Waals surface area (Å²) in [5, 5.41) is 0. The predicted molar refractivity (Wildman–Crippen MR) is 68.5 cm³/mol. The van der Waals surface area contributed by atoms with Crippen LogP contribution >= 0.6 is 0 Å². The zero-order valence-corrected chi connectivity index (χ0v) is 10.7. The number of carbonyl (C=O) groups is 1. The van der Waals surface area contributed by atoms with Crippen molar-refractivity contribution in [1.82, 2.24) is 0 Å². The van der Waals surface area contributed by atoms with Gasteiger partial charge in [0.2, 0.25) is 0 Å². The van der Waals surface area contributed by atoms with Crippen LogP contribution in [0.15, 0.2) is 12.1 Å². The summed E-state index contributed by atoms with van der Waals surface area (Å²) in [6.07, 6.45) is 5.36. The van der Waals surface area contributed by atoms with Crippen molar-refractivity contribution in [3.8, 4) is 12.3 Å². The van der Waals surface area contributed by atoms with E-state index in [9.17, 15) is 9.18 Å². The van der Waals surface area contributed by atoms with Crippen LogP contribution in [0.4, 0.5) is 10.1 Å². The Morgan fingerprint density at radius 1 is 1.50 bits per heavy atom. The second-order valence-electron chi connectivity index (χ2n) is 4.88. The van der Waals surface area contributed by atoms with Crippen LogP contribution in [-0.4, -0.2) is 11.6 Å². The number of ether oxygens (including phenoxy) is 1. The van der Waals surface area contributed by atoms with Crippen molar-refractivity contribution >= 4 is 11.7 Å². The third-order valence-electron chi connectivity index (χ3n) is 2.18. The first-order chi connectivity index (χ1) is 8.26. The van der Waals surface area contributed by atoms with Gasteiger partial charge in [0.1, 0.15) is 5.60 Å². The predicted octanol–water partition coefficient (Wildman–Crippen LogP) is 2.54. The zero-order chi connectivity index (χ0) is 13.9. The molecule has 0 fully saturated rings. The molecule has 1 aromatic rings. The Morgan fingerprint density at radius 2 is 2.11 bits per heavy atom. The fraction of sp³-hybridized carbons (Fsp3) is 0.357. The average molecular weight is 249 g/mol. The van der Waals surface area contributed by atoms with E-state index >= 15 is 0 Å². The number of esters is 1. The normalized spacial score (nSPS) is 10.8. The van der Waals surface area contributed by atoms with Crippen LogP contribution in [0.1, 0.15) is 36.7 Å². The van der Waals surface area contributed by atoms with Crippen LogP contribution in [0.2, 0.25) is 0 Å². The van der Waals surface area contributed by atoms with Crippen molar-refractivity contribution in [2.45, 2.75) is 32.8 Å². The summed E-state index contributed by atoms with van der Waals surface area (Å²) < 4.78 is 19.0. The second kappa shape index (κ2) is 5.09. The van der Waals surface area contributed by atoms with Crippen molar-refractivity contribution in [2.75, 3.05) is 5.73 Å². The molecule has 96 valence electrons. The lowest BCUT2D eigenvalue weighted by Gasteiger charge is -2.20. The number of carbonyl (C=O) groups excluding carboxylic acids is 1. The number of benzene rings is 1. The summed E-state index contributed by atoms with van der Waals surface area (Å²) in [4.78, 5) is 11.7. The molecule has 0 bridgehead atoms. The Bertz CT molecular complexity index is 510. The maximum Gasteiger partial charge on any atom is 0.341 e. The highest BCUT2D eigenvalue weighted by Crippen LogP contribution is 2.22. The number of hydrogen-bond acceptors (Lipinski definition) is 3. The Hall–Kier alpha value is -2.02. The summed E-state index contributed by atoms with van der Waals surface area (Å²) in [5.74, 6) is 0.858. The highest BCUT2D eigenvalue weighted by Gasteiger charge is 2.22. The molecule has 0 heterocycles. The topological polar surface area (TPSA) is 52.3 Å². The standard InChI is InChI=1S/C14H16FNO2/c1-5-6-9-7-8-10(11(15)12(9)16)13(17)18-14(2,3)4/h1,7-8H,6,16H2,2-4H3. The fourth-order valence-electron chi connectivity index (χ4n) is 1.39. The van der Waals surface area contributed by atoms with E-state index in [0.717, 1.165) is 0 Å². The van der Waals surface area contributed by atoms with Crippen molar-refractivity contribution < 1.29 is 13.9 Å². The first-order valence-electron chi connectivity index (χ1n) is 5.50. The van der Waals surface area contributed by atoms with Crippen molar-refractivity contribution in [2.24, 2.45) is 0 Å². The van der Waals surface area contributed by atoms with Gasteiger partial charge in [-0.3, -0.25) is 0 Å². The summed E-state index contributed by atoms with van der Waals surface area (Å²) in [6.45, 7) is 5.12. The maximum absolute atomic E-state index is 13.9. The van der Waals surface area contributed by atoms with Gasteiger partial charge < -0.3 is 10.5 Å². The highest BCUT2D eigenvalue weighted by atomic mass is 19.1. The van der Waals surface area contributed by atoms with E-state index in [1.807, 2.05) is 0 Å². The molecule has 0 aliphatic heterocycles. The van der Waals surface area contributed by atoms with E-state index in [-0.39, 0.29) is 17.7 Å². The quantitative estimate of drug-likeness (QED) is 0.498. The van der Waals surface area contributed by atoms with Crippen LogP contribution < -0.4 is 5.73 Å². The Kier molecular flexibility index (Phi) is 3.97. The van der Waals surface area contributed by atoms with Gasteiger partial charge in [-0.25, -0.2) is 9.18 Å². The molecule has 0 unspecified atom stereocenters. The third-order valence-corrected chi connectivity index (χ3v) is 2.18. The van der Waals surface area contributed by atoms with Gasteiger partial charge in [0.15, 0.2) is 5.82 Å². The number of terminal acetylenes is 1. The molecule has 18 heavy (non-hydrogen) atoms. The molecule has 0 spiro atoms. The van der Waals surface area contributed by atoms with Crippen molar-refractivity contribution in [3.05, 3.63) is 29.1 Å². The minimum Gasteiger partial charge on any atom is -0.456 e. The molecule has 0 saturated carbocycles. The van der Waals surface area contributed by atoms with E-state index in [1.165, 1.54) is 12.1 Å². The average Bonchev–Trinajstić information content (AvgIpc) is 2.22. The molecule has 0 radical (unpaired) electrons. The zero-order valence-electron chi connectivity index (χ0n) is 10.7. The lowest BCUT2D eigenvalue weighted by molar-refractivity contribution is 0.00648. The lowest BCUT2D eigenvalue weighted by atomic mass is 10.1. The third kappa shape index (κ3) is 3.24. The smallest absolute Gasteiger partial charge is 0.341 e. The minimum absolute atomic E-state index is 0.101. The molecule has 0 saturated heterocycles. The molecule has 2 N–H and O–H groups in total. The molecule has 0 amide bonds. The van der Waals surface area contributed by atoms with E-state index < -0.39 is 17.4 Å². The van der Waals surface area contributed by atoms with Gasteiger partial charge in [0, 0.05) is 6.42 Å². The first-order valence-corrected chi connectivity index (χ1v) is 5.50. The molecule has 0 aromatic heterocycles. The summed E-state index contributed by atoms with van der Waals surface area (Å²) in [7, 11) is 0. The van der Waals surface area contributed by atoms with Gasteiger partial charge in [-0.15, -0.1) is 12.3 Å². The van der Waals surface area contributed by atoms with Gasteiger partial charge in [-0.2, -0.15) is 0 Å². The summed E-state index contributed by atoms with van der Waals surface area (Å²) in [5.41, 5.74) is 5.12. The van der Waals surface area contributed by atoms with Crippen molar-refractivity contribution in [1.29, 1.82) is 0 Å². The van der Waals surface area contributed by atoms with E-state index in [1.54, 1.807) is 20.8 Å². The monoisotopic (exact) mass is 249 g/mol. The Labute approximate surface area is 106 Å². The molecule has 0 aliphatic carbocycles. The number of rotatable bonds is 2. The summed E-state index contributed by atoms with van der Waals surface area (Å²) in [6, 6.07) is 2.88. The first kappa shape index (κ1) is 14.0. The van der Waals surface area contributed by atoms with Crippen molar-refractivity contribution in [3.63, 3.8) is 0 Å². The Balaban J connectivity index is 3.10. The Morgan fingerprint density at radius 3 is 2.61 bits per heavy atom. The van der Waals surface area contributed by atoms with E-state index in [0.29, 0.717) is 5.56 Å². The van der Waals surface area contributed by atoms with Gasteiger partial charge in [-0.1, -0.05) is 6.07 Å². The molecule has 1 aromatic carbocycles. The number of anilines is 1. The number of hydrogen-bond donors (Lipinski definition) is 1. The number of nitrogens with two attached hydrogens (primary N) is 1. The lowest BCUT2D eigenvalue weighted by Crippen LogP contribution is -2.24. The van der Waals surface area contributed by atoms with Gasteiger partial charge >= 0.3 is 5.97 Å². The van der Waals surface area contributed by atoms with Gasteiger partial charge in [0.25, 0.3) is 0 Å². The molecule has 0 aliphatic rings. The van der Waals surface area contributed by atoms with Crippen LogP contribution in [0, 0.1) is 18.2 Å². The van der Waals surface area contributed by atoms with Gasteiger partial charge in [0.05, 0.1) is 11.3 Å². The molecular weight excluding hydrogens is 233 g/mol. The number of halogens is 1. The minimum atomic E-state index is -0.781. The molecule has 3 nitrogen and oxygen atoms in total. The van der Waals surface area contributed by atoms with E-state index in [2.05, 4.69) is 5.92 Å². The van der Waals surface area contributed by atoms with Gasteiger partial charge in [-0.05, 0) is 32.4 Å². The molecule has 0 atom stereocenters. The van der Waals surface area contributed by atoms with E-state index in [4.69, 9.17) is 16.9 Å². The molecule has 4 heteroatoms. The molecular formula is C14H16FNO2. The van der Waals surface area contributed by atoms with Crippen LogP contribution in [0.5, 0.6) is 0 Å². The number of nitrogen functional groups attached to an aromatic ring is 1. The maximum atomic E-state index is 13.9. The molecule has 1 rings (SSSR count). The largest absolute Gasteiger partial charge is 0.456 e. The van der Waals surface area contributed by atoms with Crippen LogP contribution in [-0.2, 0) is 11.2 Å². The SMILES string of the molecule is C#CCc1ccc(C(=O)OC(C)(C)C)c(F)c1N. The highest BCUT2D eigenvalue weighted by molar-refractivity contribution is 5.91. The fourth-order valence-corrected chi connectivity index (χ4v) is 1.39. The summed E-state index contributed by atoms with van der Waals surface area (Å²) >= 11 is 0. The van der Waals surface area contributed by atoms with Crippen LogP contribution in [0.3, 0.4) is 0 Å². The second-order valence-corrected chi connectivity index (χ2v) is 4.88. The van der Waals surface area contributed by atoms with Crippen LogP contribution in [0.25, 0.3) is 0 Å².